The molecule has 64 valence electrons. The molecule has 0 saturated carbocycles. The predicted molar refractivity (Wildman–Crippen MR) is 58.1 cm³/mol. The summed E-state index contributed by atoms with van der Waals surface area (Å²) in [4.78, 5) is 0.728. The van der Waals surface area contributed by atoms with E-state index in [0.717, 1.165) is 16.2 Å². The SMILES string of the molecule is CC(=S)Nc1c(C)cccc1Cl. The summed E-state index contributed by atoms with van der Waals surface area (Å²) in [6.07, 6.45) is 0. The van der Waals surface area contributed by atoms with Crippen LogP contribution in [0.4, 0.5) is 5.69 Å². The maximum atomic E-state index is 5.95. The standard InChI is InChI=1S/C9H10ClNS/c1-6-4-3-5-8(10)9(6)11-7(2)12/h3-5H,1-2H3,(H,11,12). The minimum atomic E-state index is 0.708. The first-order chi connectivity index (χ1) is 5.61. The van der Waals surface area contributed by atoms with Crippen molar-refractivity contribution in [3.05, 3.63) is 28.8 Å². The number of hydrogen-bond donors (Lipinski definition) is 1. The van der Waals surface area contributed by atoms with Gasteiger partial charge in [-0.25, -0.2) is 0 Å². The lowest BCUT2D eigenvalue weighted by atomic mass is 10.2. The van der Waals surface area contributed by atoms with Crippen LogP contribution in [-0.2, 0) is 0 Å². The number of nitrogens with one attached hydrogen (secondary N) is 1. The summed E-state index contributed by atoms with van der Waals surface area (Å²) in [5.74, 6) is 0. The van der Waals surface area contributed by atoms with Crippen molar-refractivity contribution in [3.8, 4) is 0 Å². The van der Waals surface area contributed by atoms with Crippen LogP contribution in [0.1, 0.15) is 12.5 Å². The molecule has 0 amide bonds. The third kappa shape index (κ3) is 2.19. The van der Waals surface area contributed by atoms with E-state index in [2.05, 4.69) is 5.32 Å². The maximum Gasteiger partial charge on any atom is 0.0766 e. The molecule has 12 heavy (non-hydrogen) atoms. The van der Waals surface area contributed by atoms with E-state index in [9.17, 15) is 0 Å². The van der Waals surface area contributed by atoms with Gasteiger partial charge in [0, 0.05) is 0 Å². The topological polar surface area (TPSA) is 12.0 Å². The summed E-state index contributed by atoms with van der Waals surface area (Å²) in [6.45, 7) is 3.82. The molecule has 0 saturated heterocycles. The fraction of sp³-hybridized carbons (Fsp3) is 0.222. The second kappa shape index (κ2) is 3.87. The minimum Gasteiger partial charge on any atom is -0.349 e. The summed E-state index contributed by atoms with van der Waals surface area (Å²) in [7, 11) is 0. The van der Waals surface area contributed by atoms with Gasteiger partial charge in [0.2, 0.25) is 0 Å². The fourth-order valence-electron chi connectivity index (χ4n) is 0.966. The molecular weight excluding hydrogens is 190 g/mol. The number of benzene rings is 1. The number of anilines is 1. The zero-order chi connectivity index (χ0) is 9.14. The van der Waals surface area contributed by atoms with E-state index < -0.39 is 0 Å². The van der Waals surface area contributed by atoms with Crippen LogP contribution in [-0.4, -0.2) is 4.99 Å². The van der Waals surface area contributed by atoms with Gasteiger partial charge < -0.3 is 5.32 Å². The van der Waals surface area contributed by atoms with E-state index in [0.29, 0.717) is 5.02 Å². The molecular formula is C9H10ClNS. The highest BCUT2D eigenvalue weighted by atomic mass is 35.5. The minimum absolute atomic E-state index is 0.708. The lowest BCUT2D eigenvalue weighted by Crippen LogP contribution is -2.05. The van der Waals surface area contributed by atoms with Crippen molar-refractivity contribution < 1.29 is 0 Å². The Hall–Kier alpha value is -0.600. The monoisotopic (exact) mass is 199 g/mol. The molecule has 0 aliphatic carbocycles. The first kappa shape index (κ1) is 9.49. The summed E-state index contributed by atoms with van der Waals surface area (Å²) < 4.78 is 0. The third-order valence-corrected chi connectivity index (χ3v) is 1.94. The largest absolute Gasteiger partial charge is 0.349 e. The number of rotatable bonds is 1. The Balaban J connectivity index is 3.04. The number of para-hydroxylation sites is 1. The summed E-state index contributed by atoms with van der Waals surface area (Å²) >= 11 is 10.9. The Morgan fingerprint density at radius 1 is 1.50 bits per heavy atom. The highest BCUT2D eigenvalue weighted by Crippen LogP contribution is 2.24. The number of hydrogen-bond acceptors (Lipinski definition) is 1. The Bertz CT molecular complexity index is 289. The van der Waals surface area contributed by atoms with Gasteiger partial charge in [0.05, 0.1) is 15.7 Å². The molecule has 0 aromatic heterocycles. The van der Waals surface area contributed by atoms with Crippen molar-refractivity contribution in [1.29, 1.82) is 0 Å². The van der Waals surface area contributed by atoms with Gasteiger partial charge in [-0.1, -0.05) is 36.0 Å². The molecule has 0 unspecified atom stereocenters. The Labute approximate surface area is 82.7 Å². The maximum absolute atomic E-state index is 5.95. The van der Waals surface area contributed by atoms with Gasteiger partial charge in [0.15, 0.2) is 0 Å². The van der Waals surface area contributed by atoms with E-state index in [-0.39, 0.29) is 0 Å². The highest BCUT2D eigenvalue weighted by Gasteiger charge is 2.02. The molecule has 0 fully saturated rings. The summed E-state index contributed by atoms with van der Waals surface area (Å²) in [5, 5.41) is 3.75. The number of thiocarbonyl (C=S) groups is 1. The van der Waals surface area contributed by atoms with Gasteiger partial charge >= 0.3 is 0 Å². The molecule has 1 aromatic carbocycles. The molecule has 0 heterocycles. The van der Waals surface area contributed by atoms with Crippen LogP contribution >= 0.6 is 23.8 Å². The Morgan fingerprint density at radius 2 is 2.17 bits per heavy atom. The Kier molecular flexibility index (Phi) is 3.06. The molecule has 0 atom stereocenters. The van der Waals surface area contributed by atoms with Crippen LogP contribution in [0, 0.1) is 6.92 Å². The molecule has 1 nitrogen and oxygen atoms in total. The molecule has 3 heteroatoms. The number of halogens is 1. The van der Waals surface area contributed by atoms with Crippen LogP contribution in [0.3, 0.4) is 0 Å². The van der Waals surface area contributed by atoms with Crippen molar-refractivity contribution in [1.82, 2.24) is 0 Å². The second-order valence-corrected chi connectivity index (χ2v) is 3.63. The van der Waals surface area contributed by atoms with Gasteiger partial charge in [-0.05, 0) is 25.5 Å². The molecule has 0 aliphatic rings. The third-order valence-electron chi connectivity index (χ3n) is 1.52. The van der Waals surface area contributed by atoms with Crippen LogP contribution in [0.2, 0.25) is 5.02 Å². The zero-order valence-electron chi connectivity index (χ0n) is 7.02. The fourth-order valence-corrected chi connectivity index (χ4v) is 1.34. The lowest BCUT2D eigenvalue weighted by Gasteiger charge is -2.08. The van der Waals surface area contributed by atoms with Crippen LogP contribution < -0.4 is 5.32 Å². The molecule has 0 radical (unpaired) electrons. The van der Waals surface area contributed by atoms with E-state index in [4.69, 9.17) is 23.8 Å². The quantitative estimate of drug-likeness (QED) is 0.696. The van der Waals surface area contributed by atoms with Gasteiger partial charge in [0.1, 0.15) is 0 Å². The second-order valence-electron chi connectivity index (χ2n) is 2.61. The van der Waals surface area contributed by atoms with Gasteiger partial charge in [-0.15, -0.1) is 0 Å². The van der Waals surface area contributed by atoms with Crippen molar-refractivity contribution in [2.75, 3.05) is 5.32 Å². The average Bonchev–Trinajstić information content (AvgIpc) is 1.97. The van der Waals surface area contributed by atoms with Gasteiger partial charge in [0.25, 0.3) is 0 Å². The molecule has 1 N–H and O–H groups in total. The first-order valence-electron chi connectivity index (χ1n) is 3.64. The van der Waals surface area contributed by atoms with Crippen molar-refractivity contribution in [2.24, 2.45) is 0 Å². The van der Waals surface area contributed by atoms with E-state index in [1.165, 1.54) is 0 Å². The summed E-state index contributed by atoms with van der Waals surface area (Å²) in [5.41, 5.74) is 2.01. The van der Waals surface area contributed by atoms with Crippen molar-refractivity contribution >= 4 is 34.5 Å². The molecule has 1 aromatic rings. The highest BCUT2D eigenvalue weighted by molar-refractivity contribution is 7.80. The Morgan fingerprint density at radius 3 is 2.67 bits per heavy atom. The normalized spacial score (nSPS) is 9.58. The van der Waals surface area contributed by atoms with Crippen molar-refractivity contribution in [2.45, 2.75) is 13.8 Å². The van der Waals surface area contributed by atoms with Gasteiger partial charge in [-0.2, -0.15) is 0 Å². The summed E-state index contributed by atoms with van der Waals surface area (Å²) in [6, 6.07) is 5.75. The number of aryl methyl sites for hydroxylation is 1. The predicted octanol–water partition coefficient (Wildman–Crippen LogP) is 3.41. The molecule has 1 rings (SSSR count). The van der Waals surface area contributed by atoms with E-state index in [1.807, 2.05) is 32.0 Å². The van der Waals surface area contributed by atoms with Crippen LogP contribution in [0.25, 0.3) is 0 Å². The van der Waals surface area contributed by atoms with E-state index in [1.54, 1.807) is 0 Å². The average molecular weight is 200 g/mol. The molecule has 0 aliphatic heterocycles. The molecule has 0 spiro atoms. The van der Waals surface area contributed by atoms with Gasteiger partial charge in [-0.3, -0.25) is 0 Å². The van der Waals surface area contributed by atoms with Crippen molar-refractivity contribution in [3.63, 3.8) is 0 Å². The lowest BCUT2D eigenvalue weighted by molar-refractivity contribution is 1.46. The zero-order valence-corrected chi connectivity index (χ0v) is 8.59. The van der Waals surface area contributed by atoms with Crippen LogP contribution in [0.5, 0.6) is 0 Å². The molecule has 0 bridgehead atoms. The smallest absolute Gasteiger partial charge is 0.0766 e. The van der Waals surface area contributed by atoms with Crippen LogP contribution in [0.15, 0.2) is 18.2 Å². The first-order valence-corrected chi connectivity index (χ1v) is 4.42. The van der Waals surface area contributed by atoms with E-state index >= 15 is 0 Å².